The van der Waals surface area contributed by atoms with E-state index < -0.39 is 5.95 Å². The highest BCUT2D eigenvalue weighted by Gasteiger charge is 2.00. The van der Waals surface area contributed by atoms with Crippen molar-refractivity contribution >= 4 is 0 Å². The van der Waals surface area contributed by atoms with Crippen molar-refractivity contribution in [2.45, 2.75) is 13.3 Å². The van der Waals surface area contributed by atoms with Gasteiger partial charge in [-0.25, -0.2) is 0 Å². The van der Waals surface area contributed by atoms with E-state index in [2.05, 4.69) is 25.6 Å². The van der Waals surface area contributed by atoms with Gasteiger partial charge in [0.1, 0.15) is 0 Å². The SMILES string of the molecule is C=C([O-])OCC(C)Cc1ccccc1. The maximum atomic E-state index is 10.5. The van der Waals surface area contributed by atoms with Crippen molar-refractivity contribution in [3.05, 3.63) is 48.4 Å². The minimum Gasteiger partial charge on any atom is -0.613 e. The molecule has 2 heteroatoms. The van der Waals surface area contributed by atoms with Crippen molar-refractivity contribution < 1.29 is 9.84 Å². The van der Waals surface area contributed by atoms with Crippen LogP contribution in [0.3, 0.4) is 0 Å². The summed E-state index contributed by atoms with van der Waals surface area (Å²) in [5, 5.41) is 10.5. The highest BCUT2D eigenvalue weighted by Crippen LogP contribution is 2.08. The van der Waals surface area contributed by atoms with Crippen LogP contribution in [0.25, 0.3) is 0 Å². The molecule has 1 unspecified atom stereocenters. The van der Waals surface area contributed by atoms with E-state index in [1.54, 1.807) is 0 Å². The maximum absolute atomic E-state index is 10.5. The fourth-order valence-electron chi connectivity index (χ4n) is 1.31. The van der Waals surface area contributed by atoms with Gasteiger partial charge in [-0.05, 0) is 24.5 Å². The van der Waals surface area contributed by atoms with Crippen LogP contribution in [-0.2, 0) is 11.2 Å². The summed E-state index contributed by atoms with van der Waals surface area (Å²) in [6, 6.07) is 10.2. The van der Waals surface area contributed by atoms with Gasteiger partial charge in [-0.1, -0.05) is 43.8 Å². The van der Waals surface area contributed by atoms with Crippen molar-refractivity contribution in [2.75, 3.05) is 6.61 Å². The molecule has 1 atom stereocenters. The summed E-state index contributed by atoms with van der Waals surface area (Å²) in [6.07, 6.45) is 0.925. The molecule has 0 aromatic heterocycles. The van der Waals surface area contributed by atoms with Gasteiger partial charge in [0, 0.05) is 5.95 Å². The van der Waals surface area contributed by atoms with Gasteiger partial charge in [0.2, 0.25) is 0 Å². The Balaban J connectivity index is 2.34. The van der Waals surface area contributed by atoms with Crippen molar-refractivity contribution in [1.82, 2.24) is 0 Å². The highest BCUT2D eigenvalue weighted by atomic mass is 16.6. The summed E-state index contributed by atoms with van der Waals surface area (Å²) in [4.78, 5) is 0. The van der Waals surface area contributed by atoms with Gasteiger partial charge in [0.15, 0.2) is 0 Å². The molecular weight excluding hydrogens is 176 g/mol. The van der Waals surface area contributed by atoms with Crippen LogP contribution in [0.2, 0.25) is 0 Å². The summed E-state index contributed by atoms with van der Waals surface area (Å²) >= 11 is 0. The lowest BCUT2D eigenvalue weighted by molar-refractivity contribution is -0.357. The van der Waals surface area contributed by atoms with Crippen LogP contribution in [-0.4, -0.2) is 6.61 Å². The molecule has 0 aliphatic carbocycles. The Bertz CT molecular complexity index is 280. The van der Waals surface area contributed by atoms with E-state index >= 15 is 0 Å². The van der Waals surface area contributed by atoms with E-state index in [-0.39, 0.29) is 0 Å². The van der Waals surface area contributed by atoms with Gasteiger partial charge < -0.3 is 9.84 Å². The minimum absolute atomic E-state index is 0.336. The zero-order valence-corrected chi connectivity index (χ0v) is 8.40. The van der Waals surface area contributed by atoms with E-state index in [0.29, 0.717) is 12.5 Å². The van der Waals surface area contributed by atoms with Crippen molar-refractivity contribution in [2.24, 2.45) is 5.92 Å². The largest absolute Gasteiger partial charge is 0.613 e. The Hall–Kier alpha value is -1.44. The van der Waals surface area contributed by atoms with Gasteiger partial charge in [-0.3, -0.25) is 0 Å². The van der Waals surface area contributed by atoms with Crippen LogP contribution in [0.1, 0.15) is 12.5 Å². The molecular formula is C12H15O2-. The molecule has 0 aliphatic rings. The molecule has 0 N–H and O–H groups in total. The smallest absolute Gasteiger partial charge is 0.0438 e. The second-order valence-corrected chi connectivity index (χ2v) is 3.48. The predicted molar refractivity (Wildman–Crippen MR) is 54.4 cm³/mol. The lowest BCUT2D eigenvalue weighted by atomic mass is 10.0. The normalized spacial score (nSPS) is 12.1. The minimum atomic E-state index is -0.454. The Labute approximate surface area is 84.8 Å². The molecule has 0 fully saturated rings. The van der Waals surface area contributed by atoms with E-state index in [9.17, 15) is 5.11 Å². The quantitative estimate of drug-likeness (QED) is 0.664. The van der Waals surface area contributed by atoms with Gasteiger partial charge in [-0.15, -0.1) is 0 Å². The van der Waals surface area contributed by atoms with Crippen LogP contribution >= 0.6 is 0 Å². The van der Waals surface area contributed by atoms with Crippen molar-refractivity contribution in [3.63, 3.8) is 0 Å². The van der Waals surface area contributed by atoms with E-state index in [1.807, 2.05) is 18.2 Å². The molecule has 1 aromatic carbocycles. The molecule has 0 saturated carbocycles. The fraction of sp³-hybridized carbons (Fsp3) is 0.333. The van der Waals surface area contributed by atoms with E-state index in [4.69, 9.17) is 4.74 Å². The first kappa shape index (κ1) is 10.6. The van der Waals surface area contributed by atoms with Crippen molar-refractivity contribution in [3.8, 4) is 0 Å². The van der Waals surface area contributed by atoms with Crippen LogP contribution < -0.4 is 5.11 Å². The molecule has 1 aromatic rings. The standard InChI is InChI=1S/C12H16O2/c1-10(9-14-11(2)13)8-12-6-4-3-5-7-12/h3-7,10,13H,2,8-9H2,1H3/p-1. The zero-order valence-electron chi connectivity index (χ0n) is 8.40. The third kappa shape index (κ3) is 3.99. The van der Waals surface area contributed by atoms with Gasteiger partial charge in [0.05, 0.1) is 0 Å². The topological polar surface area (TPSA) is 32.3 Å². The summed E-state index contributed by atoms with van der Waals surface area (Å²) < 4.78 is 4.83. The third-order valence-corrected chi connectivity index (χ3v) is 1.96. The number of hydrogen-bond acceptors (Lipinski definition) is 2. The van der Waals surface area contributed by atoms with Crippen LogP contribution in [0, 0.1) is 5.92 Å². The lowest BCUT2D eigenvalue weighted by Gasteiger charge is -2.19. The molecule has 0 aliphatic heterocycles. The first-order chi connectivity index (χ1) is 6.68. The Morgan fingerprint density at radius 1 is 1.43 bits per heavy atom. The molecule has 1 rings (SSSR count). The third-order valence-electron chi connectivity index (χ3n) is 1.96. The van der Waals surface area contributed by atoms with Crippen LogP contribution in [0.4, 0.5) is 0 Å². The summed E-state index contributed by atoms with van der Waals surface area (Å²) in [5.74, 6) is -0.118. The number of rotatable bonds is 5. The Kier molecular flexibility index (Phi) is 4.05. The molecule has 0 saturated heterocycles. The first-order valence-electron chi connectivity index (χ1n) is 4.71. The highest BCUT2D eigenvalue weighted by molar-refractivity contribution is 5.15. The molecule has 14 heavy (non-hydrogen) atoms. The summed E-state index contributed by atoms with van der Waals surface area (Å²) in [7, 11) is 0. The lowest BCUT2D eigenvalue weighted by Crippen LogP contribution is -2.13. The molecule has 76 valence electrons. The predicted octanol–water partition coefficient (Wildman–Crippen LogP) is 1.71. The van der Waals surface area contributed by atoms with Crippen molar-refractivity contribution in [1.29, 1.82) is 0 Å². The van der Waals surface area contributed by atoms with Crippen LogP contribution in [0.15, 0.2) is 42.9 Å². The zero-order chi connectivity index (χ0) is 10.4. The van der Waals surface area contributed by atoms with E-state index in [1.165, 1.54) is 5.56 Å². The van der Waals surface area contributed by atoms with Gasteiger partial charge in [-0.2, -0.15) is 0 Å². The molecule has 0 radical (unpaired) electrons. The average molecular weight is 191 g/mol. The summed E-state index contributed by atoms with van der Waals surface area (Å²) in [5.41, 5.74) is 1.26. The number of ether oxygens (including phenoxy) is 1. The Morgan fingerprint density at radius 3 is 2.64 bits per heavy atom. The van der Waals surface area contributed by atoms with Gasteiger partial charge >= 0.3 is 0 Å². The maximum Gasteiger partial charge on any atom is 0.0438 e. The summed E-state index contributed by atoms with van der Waals surface area (Å²) in [6.45, 7) is 5.65. The second kappa shape index (κ2) is 5.32. The molecule has 0 amide bonds. The molecule has 0 spiro atoms. The second-order valence-electron chi connectivity index (χ2n) is 3.48. The van der Waals surface area contributed by atoms with Gasteiger partial charge in [0.25, 0.3) is 0 Å². The molecule has 2 nitrogen and oxygen atoms in total. The monoisotopic (exact) mass is 191 g/mol. The van der Waals surface area contributed by atoms with Crippen LogP contribution in [0.5, 0.6) is 0 Å². The van der Waals surface area contributed by atoms with E-state index in [0.717, 1.165) is 6.42 Å². The average Bonchev–Trinajstić information content (AvgIpc) is 2.16. The number of benzene rings is 1. The fourth-order valence-corrected chi connectivity index (χ4v) is 1.31. The molecule has 0 bridgehead atoms. The first-order valence-corrected chi connectivity index (χ1v) is 4.71. The molecule has 0 heterocycles. The Morgan fingerprint density at radius 2 is 2.07 bits per heavy atom. The number of hydrogen-bond donors (Lipinski definition) is 0.